The highest BCUT2D eigenvalue weighted by molar-refractivity contribution is 5.68. The summed E-state index contributed by atoms with van der Waals surface area (Å²) in [7, 11) is 0. The van der Waals surface area contributed by atoms with Gasteiger partial charge >= 0.3 is 0 Å². The fraction of sp³-hybridized carbons (Fsp3) is 0.238. The highest BCUT2D eigenvalue weighted by Crippen LogP contribution is 2.31. The first-order valence-electron chi connectivity index (χ1n) is 8.51. The number of aromatic amines is 1. The van der Waals surface area contributed by atoms with Crippen molar-refractivity contribution in [1.29, 1.82) is 0 Å². The van der Waals surface area contributed by atoms with Gasteiger partial charge in [-0.3, -0.25) is 0 Å². The zero-order valence-corrected chi connectivity index (χ0v) is 13.8. The number of rotatable bonds is 3. The van der Waals surface area contributed by atoms with Crippen LogP contribution in [-0.4, -0.2) is 16.2 Å². The average molecular weight is 318 g/mol. The van der Waals surface area contributed by atoms with Gasteiger partial charge in [-0.2, -0.15) is 0 Å². The SMILES string of the molecule is Cc1ccc(-c2ccc(Nc3cccc4c3CC(O)CC4)[nH]2)cc1. The number of aliphatic hydroxyl groups is 1. The van der Waals surface area contributed by atoms with Gasteiger partial charge in [-0.1, -0.05) is 42.0 Å². The third-order valence-corrected chi connectivity index (χ3v) is 4.78. The van der Waals surface area contributed by atoms with Gasteiger partial charge in [0, 0.05) is 17.8 Å². The Morgan fingerprint density at radius 3 is 2.71 bits per heavy atom. The molecule has 3 heteroatoms. The number of nitrogens with one attached hydrogen (secondary N) is 2. The number of hydrogen-bond donors (Lipinski definition) is 3. The van der Waals surface area contributed by atoms with Gasteiger partial charge in [-0.25, -0.2) is 0 Å². The van der Waals surface area contributed by atoms with Gasteiger partial charge in [0.15, 0.2) is 0 Å². The van der Waals surface area contributed by atoms with Crippen molar-refractivity contribution in [2.75, 3.05) is 5.32 Å². The van der Waals surface area contributed by atoms with Gasteiger partial charge in [-0.05, 0) is 54.7 Å². The minimum Gasteiger partial charge on any atom is -0.393 e. The van der Waals surface area contributed by atoms with E-state index in [4.69, 9.17) is 0 Å². The van der Waals surface area contributed by atoms with E-state index in [0.717, 1.165) is 36.5 Å². The molecule has 3 N–H and O–H groups in total. The molecule has 4 rings (SSSR count). The van der Waals surface area contributed by atoms with Gasteiger partial charge in [0.1, 0.15) is 5.82 Å². The van der Waals surface area contributed by atoms with Gasteiger partial charge in [0.2, 0.25) is 0 Å². The van der Waals surface area contributed by atoms with E-state index >= 15 is 0 Å². The van der Waals surface area contributed by atoms with Crippen molar-refractivity contribution in [3.63, 3.8) is 0 Å². The number of anilines is 2. The van der Waals surface area contributed by atoms with Crippen LogP contribution in [-0.2, 0) is 12.8 Å². The molecule has 2 aromatic carbocycles. The highest BCUT2D eigenvalue weighted by Gasteiger charge is 2.19. The maximum atomic E-state index is 9.99. The van der Waals surface area contributed by atoms with E-state index in [1.165, 1.54) is 22.3 Å². The molecule has 0 saturated carbocycles. The molecule has 122 valence electrons. The van der Waals surface area contributed by atoms with Crippen molar-refractivity contribution in [2.24, 2.45) is 0 Å². The van der Waals surface area contributed by atoms with Gasteiger partial charge < -0.3 is 15.4 Å². The monoisotopic (exact) mass is 318 g/mol. The highest BCUT2D eigenvalue weighted by atomic mass is 16.3. The number of benzene rings is 2. The largest absolute Gasteiger partial charge is 0.393 e. The number of hydrogen-bond acceptors (Lipinski definition) is 2. The summed E-state index contributed by atoms with van der Waals surface area (Å²) in [5.41, 5.74) is 7.21. The van der Waals surface area contributed by atoms with Crippen LogP contribution in [0.1, 0.15) is 23.1 Å². The molecule has 1 unspecified atom stereocenters. The van der Waals surface area contributed by atoms with Crippen LogP contribution in [0.15, 0.2) is 54.6 Å². The molecule has 24 heavy (non-hydrogen) atoms. The summed E-state index contributed by atoms with van der Waals surface area (Å²) in [4.78, 5) is 3.44. The van der Waals surface area contributed by atoms with E-state index in [-0.39, 0.29) is 6.10 Å². The number of H-pyrrole nitrogens is 1. The summed E-state index contributed by atoms with van der Waals surface area (Å²) in [5, 5.41) is 13.5. The molecule has 0 radical (unpaired) electrons. The summed E-state index contributed by atoms with van der Waals surface area (Å²) in [6.07, 6.45) is 2.30. The molecule has 3 aromatic rings. The summed E-state index contributed by atoms with van der Waals surface area (Å²) in [6, 6.07) is 19.0. The minimum absolute atomic E-state index is 0.229. The first-order valence-corrected chi connectivity index (χ1v) is 8.51. The standard InChI is InChI=1S/C21H22N2O/c1-14-5-7-16(8-6-14)19-11-12-21(22-19)23-20-4-2-3-15-9-10-17(24)13-18(15)20/h2-8,11-12,17,22-24H,9-10,13H2,1H3. The molecule has 0 saturated heterocycles. The van der Waals surface area contributed by atoms with Gasteiger partial charge in [0.05, 0.1) is 6.10 Å². The molecule has 0 amide bonds. The Kier molecular flexibility index (Phi) is 3.87. The molecule has 1 aromatic heterocycles. The fourth-order valence-corrected chi connectivity index (χ4v) is 3.40. The van der Waals surface area contributed by atoms with Crippen LogP contribution in [0.2, 0.25) is 0 Å². The van der Waals surface area contributed by atoms with E-state index in [0.29, 0.717) is 0 Å². The Balaban J connectivity index is 1.60. The first kappa shape index (κ1) is 15.0. The average Bonchev–Trinajstić information content (AvgIpc) is 3.05. The maximum Gasteiger partial charge on any atom is 0.108 e. The lowest BCUT2D eigenvalue weighted by Gasteiger charge is -2.23. The topological polar surface area (TPSA) is 48.0 Å². The second kappa shape index (κ2) is 6.17. The van der Waals surface area contributed by atoms with E-state index in [2.05, 4.69) is 71.8 Å². The summed E-state index contributed by atoms with van der Waals surface area (Å²) in [5.74, 6) is 0.971. The maximum absolute atomic E-state index is 9.99. The molecular formula is C21H22N2O. The van der Waals surface area contributed by atoms with E-state index in [9.17, 15) is 5.11 Å². The Bertz CT molecular complexity index is 849. The van der Waals surface area contributed by atoms with Crippen LogP contribution in [0.25, 0.3) is 11.3 Å². The van der Waals surface area contributed by atoms with Crippen molar-refractivity contribution in [2.45, 2.75) is 32.3 Å². The summed E-state index contributed by atoms with van der Waals surface area (Å²) >= 11 is 0. The zero-order valence-electron chi connectivity index (χ0n) is 13.8. The Hall–Kier alpha value is -2.52. The predicted molar refractivity (Wildman–Crippen MR) is 98.7 cm³/mol. The first-order chi connectivity index (χ1) is 11.7. The van der Waals surface area contributed by atoms with Gasteiger partial charge in [-0.15, -0.1) is 0 Å². The van der Waals surface area contributed by atoms with Crippen molar-refractivity contribution >= 4 is 11.5 Å². The van der Waals surface area contributed by atoms with Crippen LogP contribution >= 0.6 is 0 Å². The molecular weight excluding hydrogens is 296 g/mol. The molecule has 0 fully saturated rings. The smallest absolute Gasteiger partial charge is 0.108 e. The number of aryl methyl sites for hydroxylation is 2. The second-order valence-corrected chi connectivity index (χ2v) is 6.62. The second-order valence-electron chi connectivity index (χ2n) is 6.62. The van der Waals surface area contributed by atoms with E-state index in [1.54, 1.807) is 0 Å². The van der Waals surface area contributed by atoms with Crippen LogP contribution in [0.4, 0.5) is 11.5 Å². The van der Waals surface area contributed by atoms with Crippen molar-refractivity contribution < 1.29 is 5.11 Å². The van der Waals surface area contributed by atoms with Gasteiger partial charge in [0.25, 0.3) is 0 Å². The minimum atomic E-state index is -0.229. The third-order valence-electron chi connectivity index (χ3n) is 4.78. The molecule has 3 nitrogen and oxygen atoms in total. The number of fused-ring (bicyclic) bond motifs is 1. The van der Waals surface area contributed by atoms with Crippen LogP contribution in [0.5, 0.6) is 0 Å². The molecule has 1 atom stereocenters. The summed E-state index contributed by atoms with van der Waals surface area (Å²) < 4.78 is 0. The molecule has 0 bridgehead atoms. The third kappa shape index (κ3) is 2.95. The number of aromatic nitrogens is 1. The van der Waals surface area contributed by atoms with Crippen molar-refractivity contribution in [3.8, 4) is 11.3 Å². The zero-order chi connectivity index (χ0) is 16.5. The fourth-order valence-electron chi connectivity index (χ4n) is 3.40. The molecule has 1 heterocycles. The quantitative estimate of drug-likeness (QED) is 0.662. The number of aliphatic hydroxyl groups excluding tert-OH is 1. The van der Waals surface area contributed by atoms with Crippen LogP contribution in [0, 0.1) is 6.92 Å². The van der Waals surface area contributed by atoms with Crippen LogP contribution in [0.3, 0.4) is 0 Å². The Morgan fingerprint density at radius 1 is 1.04 bits per heavy atom. The van der Waals surface area contributed by atoms with E-state index in [1.807, 2.05) is 0 Å². The summed E-state index contributed by atoms with van der Waals surface area (Å²) in [6.45, 7) is 2.10. The lowest BCUT2D eigenvalue weighted by molar-refractivity contribution is 0.159. The lowest BCUT2D eigenvalue weighted by atomic mass is 9.88. The molecule has 1 aliphatic rings. The lowest BCUT2D eigenvalue weighted by Crippen LogP contribution is -2.19. The molecule has 0 aliphatic heterocycles. The van der Waals surface area contributed by atoms with E-state index < -0.39 is 0 Å². The van der Waals surface area contributed by atoms with Crippen LogP contribution < -0.4 is 5.32 Å². The Labute approximate surface area is 142 Å². The molecule has 1 aliphatic carbocycles. The predicted octanol–water partition coefficient (Wildman–Crippen LogP) is 4.58. The Morgan fingerprint density at radius 2 is 1.88 bits per heavy atom. The van der Waals surface area contributed by atoms with Crippen molar-refractivity contribution in [1.82, 2.24) is 4.98 Å². The molecule has 0 spiro atoms. The normalized spacial score (nSPS) is 16.7. The van der Waals surface area contributed by atoms with Crippen molar-refractivity contribution in [3.05, 3.63) is 71.3 Å².